The Bertz CT molecular complexity index is 605. The average molecular weight is 281 g/mol. The molecule has 0 spiro atoms. The number of benzene rings is 2. The van der Waals surface area contributed by atoms with Crippen molar-refractivity contribution < 1.29 is 9.94 Å². The quantitative estimate of drug-likeness (QED) is 0.891. The summed E-state index contributed by atoms with van der Waals surface area (Å²) in [6, 6.07) is 17.6. The van der Waals surface area contributed by atoms with E-state index in [1.54, 1.807) is 12.1 Å². The van der Waals surface area contributed by atoms with Gasteiger partial charge in [0.25, 0.3) is 0 Å². The Morgan fingerprint density at radius 1 is 1.00 bits per heavy atom. The van der Waals surface area contributed by atoms with Crippen molar-refractivity contribution in [2.45, 2.75) is 31.8 Å². The summed E-state index contributed by atoms with van der Waals surface area (Å²) < 4.78 is 0. The second-order valence-corrected chi connectivity index (χ2v) is 5.39. The van der Waals surface area contributed by atoms with E-state index >= 15 is 0 Å². The van der Waals surface area contributed by atoms with Crippen LogP contribution in [-0.4, -0.2) is 10.8 Å². The first-order valence-corrected chi connectivity index (χ1v) is 7.36. The fourth-order valence-corrected chi connectivity index (χ4v) is 2.58. The number of aromatic hydroxyl groups is 1. The molecule has 3 heteroatoms. The van der Waals surface area contributed by atoms with Gasteiger partial charge in [0, 0.05) is 6.42 Å². The van der Waals surface area contributed by atoms with Gasteiger partial charge >= 0.3 is 0 Å². The SMILES string of the molecule is Oc1ccc(CCCC2=NO[C@H](c3ccccc3)C2)cc1. The number of phenolic OH excluding ortho intramolecular Hbond substituents is 1. The van der Waals surface area contributed by atoms with E-state index in [1.807, 2.05) is 30.3 Å². The molecule has 1 N–H and O–H groups in total. The van der Waals surface area contributed by atoms with Crippen molar-refractivity contribution >= 4 is 5.71 Å². The summed E-state index contributed by atoms with van der Waals surface area (Å²) in [5, 5.41) is 13.5. The van der Waals surface area contributed by atoms with Gasteiger partial charge in [0.1, 0.15) is 5.75 Å². The molecule has 0 radical (unpaired) electrons. The van der Waals surface area contributed by atoms with E-state index in [0.717, 1.165) is 31.4 Å². The molecule has 0 saturated carbocycles. The molecule has 108 valence electrons. The van der Waals surface area contributed by atoms with Crippen LogP contribution in [0.1, 0.15) is 36.5 Å². The van der Waals surface area contributed by atoms with E-state index in [-0.39, 0.29) is 6.10 Å². The highest BCUT2D eigenvalue weighted by Crippen LogP contribution is 2.28. The van der Waals surface area contributed by atoms with Crippen LogP contribution in [0, 0.1) is 0 Å². The maximum atomic E-state index is 9.26. The largest absolute Gasteiger partial charge is 0.508 e. The molecule has 2 aromatic carbocycles. The minimum absolute atomic E-state index is 0.0786. The molecule has 0 saturated heterocycles. The number of hydrogen-bond acceptors (Lipinski definition) is 3. The fraction of sp³-hybridized carbons (Fsp3) is 0.278. The third kappa shape index (κ3) is 3.63. The number of aryl methyl sites for hydroxylation is 1. The standard InChI is InChI=1S/C18H19NO2/c20-17-11-9-14(10-12-17)5-4-8-16-13-18(21-19-16)15-6-2-1-3-7-15/h1-3,6-7,9-12,18,20H,4-5,8,13H2/t18-/m0/s1. The van der Waals surface area contributed by atoms with Crippen LogP contribution in [0.4, 0.5) is 0 Å². The van der Waals surface area contributed by atoms with E-state index in [2.05, 4.69) is 17.3 Å². The highest BCUT2D eigenvalue weighted by atomic mass is 16.6. The van der Waals surface area contributed by atoms with Gasteiger partial charge in [-0.05, 0) is 42.5 Å². The Balaban J connectivity index is 1.46. The van der Waals surface area contributed by atoms with Crippen molar-refractivity contribution in [1.82, 2.24) is 0 Å². The Hall–Kier alpha value is -2.29. The molecule has 2 aromatic rings. The molecular formula is C18H19NO2. The molecule has 1 atom stereocenters. The molecule has 0 bridgehead atoms. The van der Waals surface area contributed by atoms with Crippen LogP contribution < -0.4 is 0 Å². The van der Waals surface area contributed by atoms with Gasteiger partial charge in [-0.3, -0.25) is 0 Å². The van der Waals surface area contributed by atoms with Crippen LogP contribution in [0.3, 0.4) is 0 Å². The zero-order valence-electron chi connectivity index (χ0n) is 11.9. The Morgan fingerprint density at radius 3 is 2.52 bits per heavy atom. The number of nitrogens with zero attached hydrogens (tertiary/aromatic N) is 1. The minimum Gasteiger partial charge on any atom is -0.508 e. The topological polar surface area (TPSA) is 41.8 Å². The zero-order chi connectivity index (χ0) is 14.5. The summed E-state index contributed by atoms with van der Waals surface area (Å²) in [4.78, 5) is 5.53. The van der Waals surface area contributed by atoms with Gasteiger partial charge in [0.2, 0.25) is 0 Å². The molecule has 21 heavy (non-hydrogen) atoms. The van der Waals surface area contributed by atoms with Crippen molar-refractivity contribution in [3.8, 4) is 5.75 Å². The van der Waals surface area contributed by atoms with E-state index in [9.17, 15) is 5.11 Å². The van der Waals surface area contributed by atoms with E-state index in [4.69, 9.17) is 4.84 Å². The maximum absolute atomic E-state index is 9.26. The Labute approximate surface area is 124 Å². The number of hydrogen-bond donors (Lipinski definition) is 1. The van der Waals surface area contributed by atoms with Crippen molar-refractivity contribution in [3.05, 3.63) is 65.7 Å². The highest BCUT2D eigenvalue weighted by Gasteiger charge is 2.21. The lowest BCUT2D eigenvalue weighted by Gasteiger charge is -2.07. The third-order valence-corrected chi connectivity index (χ3v) is 3.77. The van der Waals surface area contributed by atoms with Crippen molar-refractivity contribution in [2.75, 3.05) is 0 Å². The van der Waals surface area contributed by atoms with E-state index in [0.29, 0.717) is 5.75 Å². The molecular weight excluding hydrogens is 262 g/mol. The number of phenols is 1. The highest BCUT2D eigenvalue weighted by molar-refractivity contribution is 5.85. The van der Waals surface area contributed by atoms with Gasteiger partial charge in [-0.15, -0.1) is 0 Å². The minimum atomic E-state index is 0.0786. The first kappa shape index (κ1) is 13.7. The second-order valence-electron chi connectivity index (χ2n) is 5.39. The van der Waals surface area contributed by atoms with Crippen molar-refractivity contribution in [3.63, 3.8) is 0 Å². The predicted octanol–water partition coefficient (Wildman–Crippen LogP) is 4.23. The van der Waals surface area contributed by atoms with Crippen LogP contribution >= 0.6 is 0 Å². The van der Waals surface area contributed by atoms with Crippen LogP contribution in [0.25, 0.3) is 0 Å². The molecule has 0 amide bonds. The summed E-state index contributed by atoms with van der Waals surface area (Å²) in [6.07, 6.45) is 3.97. The molecule has 1 heterocycles. The van der Waals surface area contributed by atoms with Gasteiger partial charge in [-0.25, -0.2) is 0 Å². The first-order valence-electron chi connectivity index (χ1n) is 7.36. The molecule has 3 rings (SSSR count). The summed E-state index contributed by atoms with van der Waals surface area (Å²) in [5.41, 5.74) is 3.57. The lowest BCUT2D eigenvalue weighted by Crippen LogP contribution is -2.00. The van der Waals surface area contributed by atoms with Crippen LogP contribution in [0.15, 0.2) is 59.8 Å². The first-order chi connectivity index (χ1) is 10.3. The summed E-state index contributed by atoms with van der Waals surface area (Å²) in [6.45, 7) is 0. The van der Waals surface area contributed by atoms with Crippen LogP contribution in [0.2, 0.25) is 0 Å². The second kappa shape index (κ2) is 6.44. The average Bonchev–Trinajstić information content (AvgIpc) is 2.99. The Morgan fingerprint density at radius 2 is 1.76 bits per heavy atom. The smallest absolute Gasteiger partial charge is 0.157 e. The van der Waals surface area contributed by atoms with E-state index < -0.39 is 0 Å². The fourth-order valence-electron chi connectivity index (χ4n) is 2.58. The molecule has 3 nitrogen and oxygen atoms in total. The summed E-state index contributed by atoms with van der Waals surface area (Å²) in [5.74, 6) is 0.318. The lowest BCUT2D eigenvalue weighted by atomic mass is 10.0. The number of rotatable bonds is 5. The molecule has 0 aliphatic carbocycles. The number of oxime groups is 1. The van der Waals surface area contributed by atoms with Gasteiger partial charge < -0.3 is 9.94 Å². The van der Waals surface area contributed by atoms with Crippen molar-refractivity contribution in [1.29, 1.82) is 0 Å². The van der Waals surface area contributed by atoms with Gasteiger partial charge in [0.05, 0.1) is 5.71 Å². The zero-order valence-corrected chi connectivity index (χ0v) is 11.9. The normalized spacial score (nSPS) is 17.3. The summed E-state index contributed by atoms with van der Waals surface area (Å²) in [7, 11) is 0. The Kier molecular flexibility index (Phi) is 4.20. The van der Waals surface area contributed by atoms with Gasteiger partial charge in [-0.1, -0.05) is 47.6 Å². The monoisotopic (exact) mass is 281 g/mol. The molecule has 0 aromatic heterocycles. The van der Waals surface area contributed by atoms with Gasteiger partial charge in [-0.2, -0.15) is 0 Å². The van der Waals surface area contributed by atoms with Gasteiger partial charge in [0.15, 0.2) is 6.10 Å². The third-order valence-electron chi connectivity index (χ3n) is 3.77. The molecule has 1 aliphatic rings. The predicted molar refractivity (Wildman–Crippen MR) is 83.4 cm³/mol. The molecule has 0 fully saturated rings. The molecule has 1 aliphatic heterocycles. The van der Waals surface area contributed by atoms with Crippen molar-refractivity contribution in [2.24, 2.45) is 5.16 Å². The maximum Gasteiger partial charge on any atom is 0.157 e. The van der Waals surface area contributed by atoms with Crippen LogP contribution in [-0.2, 0) is 11.3 Å². The van der Waals surface area contributed by atoms with Crippen LogP contribution in [0.5, 0.6) is 5.75 Å². The summed E-state index contributed by atoms with van der Waals surface area (Å²) >= 11 is 0. The van der Waals surface area contributed by atoms with E-state index in [1.165, 1.54) is 11.1 Å². The lowest BCUT2D eigenvalue weighted by molar-refractivity contribution is 0.0857. The molecule has 0 unspecified atom stereocenters.